The second-order valence-corrected chi connectivity index (χ2v) is 10.8. The monoisotopic (exact) mass is 523 g/mol. The van der Waals surface area contributed by atoms with Gasteiger partial charge in [-0.25, -0.2) is 8.42 Å². The number of sulfonamides is 1. The number of aromatic nitrogens is 1. The average molecular weight is 524 g/mol. The van der Waals surface area contributed by atoms with E-state index in [9.17, 15) is 18.0 Å². The van der Waals surface area contributed by atoms with E-state index in [-0.39, 0.29) is 29.3 Å². The Labute approximate surface area is 212 Å². The Hall–Kier alpha value is -3.76. The molecule has 0 saturated heterocycles. The molecule has 0 radical (unpaired) electrons. The van der Waals surface area contributed by atoms with Crippen LogP contribution in [0.3, 0.4) is 0 Å². The van der Waals surface area contributed by atoms with Crippen LogP contribution >= 0.6 is 11.3 Å². The molecule has 10 heteroatoms. The Bertz CT molecular complexity index is 1620. The molecule has 1 aromatic heterocycles. The number of amides is 1. The van der Waals surface area contributed by atoms with Crippen LogP contribution in [0.15, 0.2) is 76.6 Å². The highest BCUT2D eigenvalue weighted by molar-refractivity contribution is 7.92. The molecule has 4 aromatic rings. The summed E-state index contributed by atoms with van der Waals surface area (Å²) in [5, 5.41) is 0. The van der Waals surface area contributed by atoms with Crippen LogP contribution in [0, 0.1) is 13.8 Å². The van der Waals surface area contributed by atoms with E-state index < -0.39 is 21.9 Å². The molecule has 186 valence electrons. The SMILES string of the molecule is CCOC(=O)Cn1c(=NC(=O)c2cccc(NS(=O)(=O)c3ccccc3)c2)sc2cc(C)c(C)cc21. The van der Waals surface area contributed by atoms with Gasteiger partial charge in [-0.15, -0.1) is 0 Å². The van der Waals surface area contributed by atoms with Crippen molar-refractivity contribution < 1.29 is 22.7 Å². The van der Waals surface area contributed by atoms with Crippen LogP contribution in [0.2, 0.25) is 0 Å². The highest BCUT2D eigenvalue weighted by Crippen LogP contribution is 2.23. The molecule has 0 aliphatic heterocycles. The van der Waals surface area contributed by atoms with E-state index in [0.717, 1.165) is 21.3 Å². The number of anilines is 1. The molecule has 0 atom stereocenters. The molecule has 4 rings (SSSR count). The molecule has 0 saturated carbocycles. The number of ether oxygens (including phenoxy) is 1. The fourth-order valence-corrected chi connectivity index (χ4v) is 5.75. The first-order valence-corrected chi connectivity index (χ1v) is 13.5. The van der Waals surface area contributed by atoms with E-state index in [2.05, 4.69) is 9.71 Å². The van der Waals surface area contributed by atoms with Gasteiger partial charge in [-0.1, -0.05) is 35.6 Å². The van der Waals surface area contributed by atoms with Gasteiger partial charge in [0.05, 0.1) is 21.7 Å². The summed E-state index contributed by atoms with van der Waals surface area (Å²) >= 11 is 1.30. The number of carbonyl (C=O) groups excluding carboxylic acids is 2. The Balaban J connectivity index is 1.71. The number of benzene rings is 3. The molecule has 3 aromatic carbocycles. The number of fused-ring (bicyclic) bond motifs is 1. The Kier molecular flexibility index (Phi) is 7.37. The van der Waals surface area contributed by atoms with Gasteiger partial charge >= 0.3 is 5.97 Å². The number of hydrogen-bond donors (Lipinski definition) is 1. The molecule has 1 N–H and O–H groups in total. The van der Waals surface area contributed by atoms with Gasteiger partial charge in [-0.05, 0) is 74.4 Å². The van der Waals surface area contributed by atoms with Gasteiger partial charge in [0.15, 0.2) is 4.80 Å². The first-order valence-electron chi connectivity index (χ1n) is 11.2. The van der Waals surface area contributed by atoms with Gasteiger partial charge in [0.1, 0.15) is 6.54 Å². The lowest BCUT2D eigenvalue weighted by Crippen LogP contribution is -2.23. The van der Waals surface area contributed by atoms with Gasteiger partial charge in [0, 0.05) is 11.3 Å². The number of nitrogens with one attached hydrogen (secondary N) is 1. The van der Waals surface area contributed by atoms with E-state index in [1.807, 2.05) is 26.0 Å². The third kappa shape index (κ3) is 5.55. The number of carbonyl (C=O) groups is 2. The number of thiazole rings is 1. The second-order valence-electron chi connectivity index (χ2n) is 8.10. The first-order chi connectivity index (χ1) is 17.2. The summed E-state index contributed by atoms with van der Waals surface area (Å²) in [5.41, 5.74) is 3.36. The molecule has 1 heterocycles. The van der Waals surface area contributed by atoms with Crippen LogP contribution in [0.5, 0.6) is 0 Å². The highest BCUT2D eigenvalue weighted by Gasteiger charge is 2.16. The van der Waals surface area contributed by atoms with Crippen LogP contribution in [-0.2, 0) is 26.1 Å². The maximum absolute atomic E-state index is 13.1. The molecule has 8 nitrogen and oxygen atoms in total. The van der Waals surface area contributed by atoms with Crippen LogP contribution < -0.4 is 9.52 Å². The second kappa shape index (κ2) is 10.5. The van der Waals surface area contributed by atoms with E-state index >= 15 is 0 Å². The largest absolute Gasteiger partial charge is 0.465 e. The smallest absolute Gasteiger partial charge is 0.326 e. The van der Waals surface area contributed by atoms with Crippen LogP contribution in [0.1, 0.15) is 28.4 Å². The molecular formula is C26H25N3O5S2. The standard InChI is InChI=1S/C26H25N3O5S2/c1-4-34-24(30)16-29-22-13-17(2)18(3)14-23(22)35-26(29)27-25(31)19-9-8-10-20(15-19)28-36(32,33)21-11-6-5-7-12-21/h5-15,28H,4,16H2,1-3H3. The quantitative estimate of drug-likeness (QED) is 0.361. The lowest BCUT2D eigenvalue weighted by Gasteiger charge is -2.09. The summed E-state index contributed by atoms with van der Waals surface area (Å²) in [7, 11) is -3.81. The molecule has 0 fully saturated rings. The van der Waals surface area contributed by atoms with Crippen LogP contribution in [-0.4, -0.2) is 31.5 Å². The van der Waals surface area contributed by atoms with Crippen molar-refractivity contribution in [3.05, 3.63) is 88.2 Å². The van der Waals surface area contributed by atoms with Crippen molar-refractivity contribution in [1.82, 2.24) is 4.57 Å². The summed E-state index contributed by atoms with van der Waals surface area (Å²) < 4.78 is 35.5. The number of esters is 1. The van der Waals surface area contributed by atoms with Gasteiger partial charge in [0.25, 0.3) is 15.9 Å². The van der Waals surface area contributed by atoms with Gasteiger partial charge < -0.3 is 9.30 Å². The zero-order chi connectivity index (χ0) is 25.9. The number of hydrogen-bond acceptors (Lipinski definition) is 6. The van der Waals surface area contributed by atoms with Crippen molar-refractivity contribution in [2.45, 2.75) is 32.2 Å². The molecule has 0 unspecified atom stereocenters. The normalized spacial score (nSPS) is 12.0. The van der Waals surface area contributed by atoms with Gasteiger partial charge in [-0.2, -0.15) is 4.99 Å². The minimum atomic E-state index is -3.81. The van der Waals surface area contributed by atoms with Crippen molar-refractivity contribution in [2.75, 3.05) is 11.3 Å². The Morgan fingerprint density at radius 3 is 2.44 bits per heavy atom. The highest BCUT2D eigenvalue weighted by atomic mass is 32.2. The summed E-state index contributed by atoms with van der Waals surface area (Å²) in [5.74, 6) is -0.991. The van der Waals surface area contributed by atoms with Gasteiger partial charge in [-0.3, -0.25) is 14.3 Å². The third-order valence-corrected chi connectivity index (χ3v) is 7.94. The maximum atomic E-state index is 13.1. The fourth-order valence-electron chi connectivity index (χ4n) is 3.58. The molecule has 0 spiro atoms. The topological polar surface area (TPSA) is 107 Å². The van der Waals surface area contributed by atoms with Gasteiger partial charge in [0.2, 0.25) is 0 Å². The van der Waals surface area contributed by atoms with E-state index in [4.69, 9.17) is 4.74 Å². The summed E-state index contributed by atoms with van der Waals surface area (Å²) in [6, 6.07) is 18.1. The van der Waals surface area contributed by atoms with E-state index in [1.54, 1.807) is 47.9 Å². The van der Waals surface area contributed by atoms with Crippen molar-refractivity contribution >= 4 is 49.1 Å². The van der Waals surface area contributed by atoms with E-state index in [1.165, 1.54) is 29.5 Å². The molecule has 36 heavy (non-hydrogen) atoms. The number of aryl methyl sites for hydroxylation is 2. The van der Waals surface area contributed by atoms with Crippen LogP contribution in [0.4, 0.5) is 5.69 Å². The zero-order valence-corrected chi connectivity index (χ0v) is 21.7. The van der Waals surface area contributed by atoms with Crippen molar-refractivity contribution in [2.24, 2.45) is 4.99 Å². The molecule has 1 amide bonds. The minimum absolute atomic E-state index is 0.0840. The predicted molar refractivity (Wildman–Crippen MR) is 140 cm³/mol. The lowest BCUT2D eigenvalue weighted by molar-refractivity contribution is -0.143. The first kappa shape index (κ1) is 25.3. The van der Waals surface area contributed by atoms with Crippen molar-refractivity contribution in [3.63, 3.8) is 0 Å². The Morgan fingerprint density at radius 2 is 1.72 bits per heavy atom. The van der Waals surface area contributed by atoms with E-state index in [0.29, 0.717) is 4.80 Å². The molecule has 0 aliphatic carbocycles. The Morgan fingerprint density at radius 1 is 1.00 bits per heavy atom. The predicted octanol–water partition coefficient (Wildman–Crippen LogP) is 4.42. The van der Waals surface area contributed by atoms with Crippen LogP contribution in [0.25, 0.3) is 10.2 Å². The van der Waals surface area contributed by atoms with Crippen molar-refractivity contribution in [1.29, 1.82) is 0 Å². The molecule has 0 bridgehead atoms. The van der Waals surface area contributed by atoms with Crippen molar-refractivity contribution in [3.8, 4) is 0 Å². The number of nitrogens with zero attached hydrogens (tertiary/aromatic N) is 2. The minimum Gasteiger partial charge on any atom is -0.465 e. The number of rotatable bonds is 7. The molecular weight excluding hydrogens is 498 g/mol. The summed E-state index contributed by atoms with van der Waals surface area (Å²) in [4.78, 5) is 30.1. The fraction of sp³-hybridized carbons (Fsp3) is 0.192. The summed E-state index contributed by atoms with van der Waals surface area (Å²) in [6.07, 6.45) is 0. The summed E-state index contributed by atoms with van der Waals surface area (Å²) in [6.45, 7) is 5.87. The average Bonchev–Trinajstić information content (AvgIpc) is 3.15. The maximum Gasteiger partial charge on any atom is 0.326 e. The zero-order valence-electron chi connectivity index (χ0n) is 20.0. The lowest BCUT2D eigenvalue weighted by atomic mass is 10.1. The molecule has 0 aliphatic rings. The third-order valence-electron chi connectivity index (χ3n) is 5.50.